The van der Waals surface area contributed by atoms with E-state index in [1.165, 1.54) is 0 Å². The fourth-order valence-electron chi connectivity index (χ4n) is 1.20. The third kappa shape index (κ3) is 8.48. The van der Waals surface area contributed by atoms with Gasteiger partial charge in [-0.05, 0) is 13.3 Å². The summed E-state index contributed by atoms with van der Waals surface area (Å²) in [6, 6.07) is 0.415. The highest BCUT2D eigenvalue weighted by Gasteiger charge is 2.07. The highest BCUT2D eigenvalue weighted by Crippen LogP contribution is 2.01. The zero-order valence-corrected chi connectivity index (χ0v) is 9.92. The van der Waals surface area contributed by atoms with Crippen molar-refractivity contribution in [1.82, 2.24) is 5.32 Å². The molecule has 0 aliphatic carbocycles. The first-order valence-corrected chi connectivity index (χ1v) is 5.59. The largest absolute Gasteiger partial charge is 0.389 e. The number of aliphatic hydroxyl groups is 1. The minimum absolute atomic E-state index is 0.258. The third-order valence-corrected chi connectivity index (χ3v) is 2.03. The van der Waals surface area contributed by atoms with Crippen LogP contribution in [-0.4, -0.2) is 36.5 Å². The van der Waals surface area contributed by atoms with Crippen molar-refractivity contribution in [2.75, 3.05) is 13.2 Å². The van der Waals surface area contributed by atoms with Crippen LogP contribution in [0.1, 0.15) is 40.5 Å². The summed E-state index contributed by atoms with van der Waals surface area (Å²) in [4.78, 5) is 0. The van der Waals surface area contributed by atoms with E-state index in [4.69, 9.17) is 4.74 Å². The van der Waals surface area contributed by atoms with Crippen molar-refractivity contribution in [1.29, 1.82) is 0 Å². The summed E-state index contributed by atoms with van der Waals surface area (Å²) >= 11 is 0. The summed E-state index contributed by atoms with van der Waals surface area (Å²) in [5.41, 5.74) is 0. The molecule has 0 aromatic carbocycles. The summed E-state index contributed by atoms with van der Waals surface area (Å²) in [5, 5.41) is 12.7. The molecule has 0 bridgehead atoms. The van der Waals surface area contributed by atoms with Gasteiger partial charge >= 0.3 is 0 Å². The van der Waals surface area contributed by atoms with Crippen LogP contribution in [0.4, 0.5) is 0 Å². The fourth-order valence-corrected chi connectivity index (χ4v) is 1.20. The van der Waals surface area contributed by atoms with E-state index in [2.05, 4.69) is 26.1 Å². The Morgan fingerprint density at radius 3 is 2.43 bits per heavy atom. The molecule has 0 aromatic heterocycles. The quantitative estimate of drug-likeness (QED) is 0.629. The Balaban J connectivity index is 3.38. The smallest absolute Gasteiger partial charge is 0.0897 e. The van der Waals surface area contributed by atoms with E-state index in [1.807, 2.05) is 6.92 Å². The Labute approximate surface area is 87.8 Å². The molecule has 2 N–H and O–H groups in total. The lowest BCUT2D eigenvalue weighted by atomic mass is 10.2. The molecule has 0 fully saturated rings. The number of nitrogens with one attached hydrogen (secondary N) is 1. The van der Waals surface area contributed by atoms with E-state index < -0.39 is 6.10 Å². The Hall–Kier alpha value is -0.120. The Morgan fingerprint density at radius 2 is 1.93 bits per heavy atom. The second-order valence-corrected chi connectivity index (χ2v) is 4.15. The van der Waals surface area contributed by atoms with Crippen molar-refractivity contribution >= 4 is 0 Å². The lowest BCUT2D eigenvalue weighted by molar-refractivity contribution is -0.00480. The van der Waals surface area contributed by atoms with Crippen LogP contribution < -0.4 is 5.32 Å². The molecule has 14 heavy (non-hydrogen) atoms. The van der Waals surface area contributed by atoms with E-state index in [9.17, 15) is 5.11 Å². The Bertz CT molecular complexity index is 128. The van der Waals surface area contributed by atoms with Crippen LogP contribution in [0.15, 0.2) is 0 Å². The highest BCUT2D eigenvalue weighted by molar-refractivity contribution is 4.62. The van der Waals surface area contributed by atoms with Gasteiger partial charge in [0.1, 0.15) is 0 Å². The van der Waals surface area contributed by atoms with Crippen LogP contribution in [0, 0.1) is 0 Å². The average molecular weight is 203 g/mol. The van der Waals surface area contributed by atoms with E-state index in [-0.39, 0.29) is 6.10 Å². The van der Waals surface area contributed by atoms with Crippen LogP contribution in [0.5, 0.6) is 0 Å². The predicted molar refractivity (Wildman–Crippen MR) is 59.5 cm³/mol. The molecular weight excluding hydrogens is 178 g/mol. The first kappa shape index (κ1) is 13.9. The molecule has 0 amide bonds. The van der Waals surface area contributed by atoms with E-state index >= 15 is 0 Å². The molecule has 0 rings (SSSR count). The van der Waals surface area contributed by atoms with Crippen molar-refractivity contribution in [3.63, 3.8) is 0 Å². The van der Waals surface area contributed by atoms with Gasteiger partial charge in [-0.1, -0.05) is 27.2 Å². The molecule has 2 atom stereocenters. The van der Waals surface area contributed by atoms with Crippen LogP contribution in [0.2, 0.25) is 0 Å². The van der Waals surface area contributed by atoms with Gasteiger partial charge in [0.05, 0.1) is 18.8 Å². The van der Waals surface area contributed by atoms with Gasteiger partial charge in [-0.2, -0.15) is 0 Å². The van der Waals surface area contributed by atoms with Crippen molar-refractivity contribution in [2.45, 2.75) is 58.8 Å². The predicted octanol–water partition coefficient (Wildman–Crippen LogP) is 1.55. The molecule has 2 unspecified atom stereocenters. The minimum Gasteiger partial charge on any atom is -0.389 e. The van der Waals surface area contributed by atoms with Gasteiger partial charge in [0.2, 0.25) is 0 Å². The van der Waals surface area contributed by atoms with E-state index in [0.29, 0.717) is 19.2 Å². The molecule has 0 saturated heterocycles. The Kier molecular flexibility index (Phi) is 8.14. The van der Waals surface area contributed by atoms with Crippen molar-refractivity contribution < 1.29 is 9.84 Å². The molecule has 0 radical (unpaired) electrons. The SMILES string of the molecule is CCCC(C)OCC(O)CNC(C)C. The standard InChI is InChI=1S/C11H25NO2/c1-5-6-10(4)14-8-11(13)7-12-9(2)3/h9-13H,5-8H2,1-4H3. The lowest BCUT2D eigenvalue weighted by Crippen LogP contribution is -2.35. The van der Waals surface area contributed by atoms with Crippen molar-refractivity contribution in [3.8, 4) is 0 Å². The second kappa shape index (κ2) is 8.21. The second-order valence-electron chi connectivity index (χ2n) is 4.15. The number of hydrogen-bond donors (Lipinski definition) is 2. The van der Waals surface area contributed by atoms with E-state index in [1.54, 1.807) is 0 Å². The topological polar surface area (TPSA) is 41.5 Å². The van der Waals surface area contributed by atoms with Gasteiger partial charge in [0.25, 0.3) is 0 Å². The molecule has 0 heterocycles. The molecule has 0 aliphatic heterocycles. The van der Waals surface area contributed by atoms with Crippen LogP contribution in [-0.2, 0) is 4.74 Å². The molecule has 3 nitrogen and oxygen atoms in total. The normalized spacial score (nSPS) is 15.9. The number of hydrogen-bond acceptors (Lipinski definition) is 3. The molecular formula is C11H25NO2. The van der Waals surface area contributed by atoms with Crippen LogP contribution >= 0.6 is 0 Å². The summed E-state index contributed by atoms with van der Waals surface area (Å²) in [5.74, 6) is 0. The highest BCUT2D eigenvalue weighted by atomic mass is 16.5. The van der Waals surface area contributed by atoms with Gasteiger partial charge in [-0.25, -0.2) is 0 Å². The maximum Gasteiger partial charge on any atom is 0.0897 e. The lowest BCUT2D eigenvalue weighted by Gasteiger charge is -2.17. The molecule has 0 aliphatic rings. The minimum atomic E-state index is -0.392. The molecule has 3 heteroatoms. The van der Waals surface area contributed by atoms with Crippen molar-refractivity contribution in [2.24, 2.45) is 0 Å². The van der Waals surface area contributed by atoms with Crippen LogP contribution in [0.3, 0.4) is 0 Å². The summed E-state index contributed by atoms with van der Waals surface area (Å²) in [6.07, 6.45) is 2.05. The van der Waals surface area contributed by atoms with Crippen molar-refractivity contribution in [3.05, 3.63) is 0 Å². The molecule has 0 spiro atoms. The number of ether oxygens (including phenoxy) is 1. The first-order valence-electron chi connectivity index (χ1n) is 5.59. The fraction of sp³-hybridized carbons (Fsp3) is 1.00. The van der Waals surface area contributed by atoms with Gasteiger partial charge in [0.15, 0.2) is 0 Å². The van der Waals surface area contributed by atoms with Gasteiger partial charge in [-0.3, -0.25) is 0 Å². The van der Waals surface area contributed by atoms with Gasteiger partial charge < -0.3 is 15.2 Å². The third-order valence-electron chi connectivity index (χ3n) is 2.03. The number of aliphatic hydroxyl groups excluding tert-OH is 1. The van der Waals surface area contributed by atoms with E-state index in [0.717, 1.165) is 12.8 Å². The van der Waals surface area contributed by atoms with Gasteiger partial charge in [-0.15, -0.1) is 0 Å². The molecule has 0 saturated carbocycles. The maximum absolute atomic E-state index is 9.53. The molecule has 0 aromatic rings. The average Bonchev–Trinajstić information content (AvgIpc) is 2.12. The summed E-state index contributed by atoms with van der Waals surface area (Å²) in [6.45, 7) is 9.35. The zero-order valence-electron chi connectivity index (χ0n) is 9.92. The summed E-state index contributed by atoms with van der Waals surface area (Å²) < 4.78 is 5.49. The first-order chi connectivity index (χ1) is 6.56. The maximum atomic E-state index is 9.53. The van der Waals surface area contributed by atoms with Crippen LogP contribution in [0.25, 0.3) is 0 Å². The Morgan fingerprint density at radius 1 is 1.29 bits per heavy atom. The summed E-state index contributed by atoms with van der Waals surface area (Å²) in [7, 11) is 0. The number of rotatable bonds is 8. The van der Waals surface area contributed by atoms with Gasteiger partial charge in [0, 0.05) is 12.6 Å². The monoisotopic (exact) mass is 203 g/mol. The molecule has 86 valence electrons. The zero-order chi connectivity index (χ0) is 11.0.